The fraction of sp³-hybridized carbons (Fsp3) is 0.368. The van der Waals surface area contributed by atoms with Gasteiger partial charge in [-0.25, -0.2) is 10.2 Å². The largest absolute Gasteiger partial charge is 0.449 e. The molecular weight excluding hydrogens is 348 g/mol. The van der Waals surface area contributed by atoms with Gasteiger partial charge in [0, 0.05) is 14.5 Å². The molecule has 0 aliphatic rings. The average Bonchev–Trinajstić information content (AvgIpc) is 2.58. The van der Waals surface area contributed by atoms with E-state index in [0.717, 1.165) is 22.4 Å². The van der Waals surface area contributed by atoms with Gasteiger partial charge in [0.05, 0.1) is 6.61 Å². The van der Waals surface area contributed by atoms with Crippen LogP contribution in [0.3, 0.4) is 0 Å². The molecule has 0 unspecified atom stereocenters. The van der Waals surface area contributed by atoms with Crippen LogP contribution in [-0.4, -0.2) is 37.1 Å². The monoisotopic (exact) mass is 374 g/mol. The van der Waals surface area contributed by atoms with Crippen molar-refractivity contribution in [3.63, 3.8) is 0 Å². The molecule has 0 bridgehead atoms. The van der Waals surface area contributed by atoms with E-state index in [1.807, 2.05) is 47.9 Å². The number of hydroxylamine groups is 1. The maximum absolute atomic E-state index is 12.0. The Hall–Kier alpha value is -2.38. The van der Waals surface area contributed by atoms with Crippen molar-refractivity contribution in [2.45, 2.75) is 38.5 Å². The summed E-state index contributed by atoms with van der Waals surface area (Å²) in [5, 5.41) is 12.1. The zero-order valence-corrected chi connectivity index (χ0v) is 16.5. The number of hydrogen-bond acceptors (Lipinski definition) is 4. The average molecular weight is 375 g/mol. The number of aryl methyl sites for hydroxylation is 1. The van der Waals surface area contributed by atoms with Gasteiger partial charge in [-0.15, -0.1) is 5.17 Å². The zero-order chi connectivity index (χ0) is 19.2. The summed E-state index contributed by atoms with van der Waals surface area (Å²) < 4.78 is 4.98. The number of carbonyl (C=O) groups is 2. The van der Waals surface area contributed by atoms with Gasteiger partial charge in [0.1, 0.15) is 0 Å². The highest BCUT2D eigenvalue weighted by atomic mass is 28.3. The molecule has 0 aliphatic heterocycles. The Balaban J connectivity index is 1.78. The zero-order valence-electron chi connectivity index (χ0n) is 15.5. The minimum Gasteiger partial charge on any atom is -0.449 e. The van der Waals surface area contributed by atoms with Crippen LogP contribution in [0.1, 0.15) is 12.0 Å². The fourth-order valence-electron chi connectivity index (χ4n) is 2.38. The Kier molecular flexibility index (Phi) is 6.76. The van der Waals surface area contributed by atoms with Gasteiger partial charge in [-0.2, -0.15) is 0 Å². The first-order chi connectivity index (χ1) is 12.2. The predicted molar refractivity (Wildman–Crippen MR) is 104 cm³/mol. The highest BCUT2D eigenvalue weighted by Crippen LogP contribution is 2.16. The van der Waals surface area contributed by atoms with E-state index in [9.17, 15) is 14.8 Å². The number of nitrogens with one attached hydrogen (secondary N) is 1. The van der Waals surface area contributed by atoms with E-state index < -0.39 is 20.1 Å². The normalized spacial score (nSPS) is 11.2. The fourth-order valence-corrected chi connectivity index (χ4v) is 3.10. The molecule has 140 valence electrons. The molecule has 0 fully saturated rings. The number of fused-ring (bicyclic) bond motifs is 1. The standard InChI is InChI=1S/C19H26N2O4Si/c1-26(2,3)13-12-25-19(23)20-21(24)18(22)11-9-15-8-10-16-6-4-5-7-17(16)14-15/h4-8,10,14,24H,9,11-13H2,1-3H3,(H,20,23). The lowest BCUT2D eigenvalue weighted by Crippen LogP contribution is -2.44. The number of nitrogens with zero attached hydrogens (tertiary/aromatic N) is 1. The third-order valence-electron chi connectivity index (χ3n) is 3.96. The molecule has 2 rings (SSSR count). The quantitative estimate of drug-likeness (QED) is 0.455. The molecule has 0 saturated heterocycles. The van der Waals surface area contributed by atoms with Crippen molar-refractivity contribution in [2.75, 3.05) is 6.61 Å². The number of ether oxygens (including phenoxy) is 1. The van der Waals surface area contributed by atoms with E-state index in [1.165, 1.54) is 0 Å². The Morgan fingerprint density at radius 3 is 2.50 bits per heavy atom. The summed E-state index contributed by atoms with van der Waals surface area (Å²) >= 11 is 0. The summed E-state index contributed by atoms with van der Waals surface area (Å²) in [5.74, 6) is -0.597. The Bertz CT molecular complexity index is 773. The van der Waals surface area contributed by atoms with E-state index in [1.54, 1.807) is 0 Å². The van der Waals surface area contributed by atoms with E-state index >= 15 is 0 Å². The molecule has 0 aliphatic carbocycles. The van der Waals surface area contributed by atoms with Crippen LogP contribution in [0.15, 0.2) is 42.5 Å². The molecule has 2 N–H and O–H groups in total. The van der Waals surface area contributed by atoms with Crippen LogP contribution >= 0.6 is 0 Å². The molecule has 2 amide bonds. The Morgan fingerprint density at radius 1 is 1.12 bits per heavy atom. The van der Waals surface area contributed by atoms with E-state index in [-0.39, 0.29) is 18.2 Å². The minimum atomic E-state index is -1.30. The number of carbonyl (C=O) groups excluding carboxylic acids is 2. The second-order valence-electron chi connectivity index (χ2n) is 7.45. The number of benzene rings is 2. The van der Waals surface area contributed by atoms with Crippen LogP contribution in [0.25, 0.3) is 10.8 Å². The number of hydrazine groups is 1. The van der Waals surface area contributed by atoms with Crippen LogP contribution in [0.4, 0.5) is 4.79 Å². The second-order valence-corrected chi connectivity index (χ2v) is 13.1. The van der Waals surface area contributed by atoms with Crippen molar-refractivity contribution in [3.8, 4) is 0 Å². The van der Waals surface area contributed by atoms with Gasteiger partial charge >= 0.3 is 6.09 Å². The van der Waals surface area contributed by atoms with Crippen molar-refractivity contribution < 1.29 is 19.5 Å². The molecule has 0 aromatic heterocycles. The van der Waals surface area contributed by atoms with Gasteiger partial charge in [-0.3, -0.25) is 10.0 Å². The van der Waals surface area contributed by atoms with Crippen molar-refractivity contribution in [2.24, 2.45) is 0 Å². The molecule has 2 aromatic carbocycles. The van der Waals surface area contributed by atoms with E-state index in [4.69, 9.17) is 4.74 Å². The van der Waals surface area contributed by atoms with Crippen LogP contribution in [0, 0.1) is 0 Å². The first-order valence-electron chi connectivity index (χ1n) is 8.67. The smallest absolute Gasteiger partial charge is 0.428 e. The third-order valence-corrected chi connectivity index (χ3v) is 5.66. The van der Waals surface area contributed by atoms with E-state index in [2.05, 4.69) is 19.6 Å². The molecule has 0 saturated carbocycles. The molecule has 0 radical (unpaired) electrons. The van der Waals surface area contributed by atoms with Gasteiger partial charge in [0.25, 0.3) is 5.91 Å². The molecule has 26 heavy (non-hydrogen) atoms. The van der Waals surface area contributed by atoms with E-state index in [0.29, 0.717) is 6.42 Å². The maximum Gasteiger partial charge on any atom is 0.428 e. The molecular formula is C19H26N2O4Si. The van der Waals surface area contributed by atoms with Crippen LogP contribution < -0.4 is 5.43 Å². The lowest BCUT2D eigenvalue weighted by molar-refractivity contribution is -0.176. The van der Waals surface area contributed by atoms with Crippen molar-refractivity contribution in [1.29, 1.82) is 0 Å². The van der Waals surface area contributed by atoms with Gasteiger partial charge in [-0.1, -0.05) is 62.1 Å². The van der Waals surface area contributed by atoms with Gasteiger partial charge in [-0.05, 0) is 28.8 Å². The SMILES string of the molecule is C[Si](C)(C)CCOC(=O)NN(O)C(=O)CCc1ccc2ccccc2c1. The summed E-state index contributed by atoms with van der Waals surface area (Å²) in [4.78, 5) is 23.6. The van der Waals surface area contributed by atoms with Crippen molar-refractivity contribution >= 4 is 30.8 Å². The first-order valence-corrected chi connectivity index (χ1v) is 12.4. The molecule has 2 aromatic rings. The highest BCUT2D eigenvalue weighted by Gasteiger charge is 2.17. The number of rotatable bonds is 6. The summed E-state index contributed by atoms with van der Waals surface area (Å²) in [6, 6.07) is 14.8. The predicted octanol–water partition coefficient (Wildman–Crippen LogP) is 3.97. The Morgan fingerprint density at radius 2 is 1.81 bits per heavy atom. The van der Waals surface area contributed by atoms with Crippen LogP contribution in [-0.2, 0) is 16.0 Å². The van der Waals surface area contributed by atoms with Crippen molar-refractivity contribution in [1.82, 2.24) is 10.6 Å². The number of amides is 2. The maximum atomic E-state index is 12.0. The summed E-state index contributed by atoms with van der Waals surface area (Å²) in [6.45, 7) is 6.79. The van der Waals surface area contributed by atoms with Crippen LogP contribution in [0.5, 0.6) is 0 Å². The van der Waals surface area contributed by atoms with Gasteiger partial charge < -0.3 is 4.74 Å². The lowest BCUT2D eigenvalue weighted by Gasteiger charge is -2.18. The van der Waals surface area contributed by atoms with Crippen LogP contribution in [0.2, 0.25) is 25.7 Å². The third kappa shape index (κ3) is 6.49. The summed E-state index contributed by atoms with van der Waals surface area (Å²) in [5.41, 5.74) is 3.01. The highest BCUT2D eigenvalue weighted by molar-refractivity contribution is 6.76. The van der Waals surface area contributed by atoms with Gasteiger partial charge in [0.2, 0.25) is 0 Å². The minimum absolute atomic E-state index is 0.0734. The first kappa shape index (κ1) is 19.9. The topological polar surface area (TPSA) is 78.9 Å². The summed E-state index contributed by atoms with van der Waals surface area (Å²) in [7, 11) is -1.30. The molecule has 0 atom stereocenters. The number of hydrogen-bond donors (Lipinski definition) is 2. The molecule has 0 heterocycles. The van der Waals surface area contributed by atoms with Crippen molar-refractivity contribution in [3.05, 3.63) is 48.0 Å². The Labute approximate surface area is 154 Å². The summed E-state index contributed by atoms with van der Waals surface area (Å²) in [6.07, 6.45) is -0.290. The van der Waals surface area contributed by atoms with Gasteiger partial charge in [0.15, 0.2) is 0 Å². The second kappa shape index (κ2) is 8.82. The lowest BCUT2D eigenvalue weighted by atomic mass is 10.0. The molecule has 6 nitrogen and oxygen atoms in total. The molecule has 7 heteroatoms. The molecule has 0 spiro atoms.